The highest BCUT2D eigenvalue weighted by molar-refractivity contribution is 7.18. The number of nitrogens with zero attached hydrogens (tertiary/aromatic N) is 2. The lowest BCUT2D eigenvalue weighted by atomic mass is 10.0. The van der Waals surface area contributed by atoms with Gasteiger partial charge >= 0.3 is 5.97 Å². The van der Waals surface area contributed by atoms with E-state index in [0.717, 1.165) is 20.8 Å². The van der Waals surface area contributed by atoms with Crippen molar-refractivity contribution >= 4 is 45.0 Å². The van der Waals surface area contributed by atoms with Gasteiger partial charge in [0.05, 0.1) is 21.1 Å². The van der Waals surface area contributed by atoms with Crippen molar-refractivity contribution < 1.29 is 19.5 Å². The summed E-state index contributed by atoms with van der Waals surface area (Å²) in [6.45, 7) is 2.15. The summed E-state index contributed by atoms with van der Waals surface area (Å²) in [7, 11) is 0. The molecular formula is C22H21N3O4S. The van der Waals surface area contributed by atoms with Gasteiger partial charge in [-0.05, 0) is 30.7 Å². The second kappa shape index (κ2) is 8.23. The summed E-state index contributed by atoms with van der Waals surface area (Å²) in [5.74, 6) is -2.27. The zero-order valence-electron chi connectivity index (χ0n) is 16.4. The number of carbonyl (C=O) groups is 3. The first kappa shape index (κ1) is 20.0. The highest BCUT2D eigenvalue weighted by atomic mass is 32.1. The molecule has 2 atom stereocenters. The Labute approximate surface area is 177 Å². The van der Waals surface area contributed by atoms with Gasteiger partial charge in [-0.15, -0.1) is 11.3 Å². The largest absolute Gasteiger partial charge is 0.480 e. The monoisotopic (exact) mass is 423 g/mol. The van der Waals surface area contributed by atoms with Crippen LogP contribution in [0.2, 0.25) is 0 Å². The Balaban J connectivity index is 1.45. The number of aromatic nitrogens is 1. The van der Waals surface area contributed by atoms with Gasteiger partial charge < -0.3 is 15.3 Å². The highest BCUT2D eigenvalue weighted by Gasteiger charge is 2.36. The van der Waals surface area contributed by atoms with E-state index in [1.165, 1.54) is 0 Å². The molecule has 2 aromatic carbocycles. The van der Waals surface area contributed by atoms with Crippen LogP contribution in [-0.2, 0) is 20.8 Å². The molecule has 7 nitrogen and oxygen atoms in total. The third-order valence-electron chi connectivity index (χ3n) is 5.18. The SMILES string of the molecule is Cc1nc2cc(N3CC(C(=O)NC(Cc4ccccc4)C(=O)O)CC3=O)ccc2s1. The minimum absolute atomic E-state index is 0.0532. The average molecular weight is 423 g/mol. The Morgan fingerprint density at radius 3 is 2.77 bits per heavy atom. The summed E-state index contributed by atoms with van der Waals surface area (Å²) in [6.07, 6.45) is 0.240. The predicted octanol–water partition coefficient (Wildman–Crippen LogP) is 2.77. The molecule has 8 heteroatoms. The van der Waals surface area contributed by atoms with E-state index in [-0.39, 0.29) is 25.3 Å². The van der Waals surface area contributed by atoms with Crippen LogP contribution in [0.15, 0.2) is 48.5 Å². The molecule has 2 unspecified atom stereocenters. The highest BCUT2D eigenvalue weighted by Crippen LogP contribution is 2.30. The summed E-state index contributed by atoms with van der Waals surface area (Å²) in [5, 5.41) is 13.1. The molecule has 1 aliphatic heterocycles. The lowest BCUT2D eigenvalue weighted by Gasteiger charge is -2.19. The van der Waals surface area contributed by atoms with Gasteiger partial charge in [0.15, 0.2) is 0 Å². The predicted molar refractivity (Wildman–Crippen MR) is 115 cm³/mol. The van der Waals surface area contributed by atoms with Gasteiger partial charge in [0.2, 0.25) is 11.8 Å². The molecule has 2 heterocycles. The number of nitrogens with one attached hydrogen (secondary N) is 1. The van der Waals surface area contributed by atoms with Gasteiger partial charge in [0.1, 0.15) is 6.04 Å². The summed E-state index contributed by atoms with van der Waals surface area (Å²) in [6, 6.07) is 13.7. The van der Waals surface area contributed by atoms with Crippen LogP contribution >= 0.6 is 11.3 Å². The number of carboxylic acids is 1. The van der Waals surface area contributed by atoms with Crippen LogP contribution in [0, 0.1) is 12.8 Å². The molecule has 0 aliphatic carbocycles. The normalized spacial score (nSPS) is 17.3. The standard InChI is InChI=1S/C22H21N3O4S/c1-13-23-17-11-16(7-8-19(17)30-13)25-12-15(10-20(25)26)21(27)24-18(22(28)29)9-14-5-3-2-4-6-14/h2-8,11,15,18H,9-10,12H2,1H3,(H,24,27)(H,28,29). The van der Waals surface area contributed by atoms with Crippen LogP contribution in [0.3, 0.4) is 0 Å². The van der Waals surface area contributed by atoms with E-state index < -0.39 is 23.8 Å². The number of rotatable bonds is 6. The van der Waals surface area contributed by atoms with Crippen molar-refractivity contribution in [2.45, 2.75) is 25.8 Å². The fourth-order valence-corrected chi connectivity index (χ4v) is 4.48. The van der Waals surface area contributed by atoms with Gasteiger partial charge in [-0.2, -0.15) is 0 Å². The Morgan fingerprint density at radius 1 is 1.27 bits per heavy atom. The lowest BCUT2D eigenvalue weighted by molar-refractivity contribution is -0.142. The molecule has 1 saturated heterocycles. The molecule has 1 aromatic heterocycles. The van der Waals surface area contributed by atoms with Crippen molar-refractivity contribution in [3.8, 4) is 0 Å². The first-order valence-corrected chi connectivity index (χ1v) is 10.5. The minimum Gasteiger partial charge on any atom is -0.480 e. The summed E-state index contributed by atoms with van der Waals surface area (Å²) in [5.41, 5.74) is 2.35. The average Bonchev–Trinajstić information content (AvgIpc) is 3.29. The topological polar surface area (TPSA) is 99.6 Å². The van der Waals surface area contributed by atoms with Crippen molar-refractivity contribution in [3.05, 3.63) is 59.1 Å². The summed E-state index contributed by atoms with van der Waals surface area (Å²) < 4.78 is 1.04. The van der Waals surface area contributed by atoms with E-state index in [1.807, 2.05) is 55.5 Å². The van der Waals surface area contributed by atoms with E-state index in [2.05, 4.69) is 10.3 Å². The van der Waals surface area contributed by atoms with E-state index in [4.69, 9.17) is 0 Å². The van der Waals surface area contributed by atoms with Crippen molar-refractivity contribution in [1.82, 2.24) is 10.3 Å². The number of hydrogen-bond donors (Lipinski definition) is 2. The number of carboxylic acid groups (broad SMARTS) is 1. The zero-order chi connectivity index (χ0) is 21.3. The van der Waals surface area contributed by atoms with Crippen LogP contribution in [0.4, 0.5) is 5.69 Å². The van der Waals surface area contributed by atoms with E-state index in [0.29, 0.717) is 5.69 Å². The molecule has 1 aliphatic rings. The number of thiazole rings is 1. The van der Waals surface area contributed by atoms with Gasteiger partial charge in [-0.25, -0.2) is 9.78 Å². The molecule has 0 spiro atoms. The lowest BCUT2D eigenvalue weighted by Crippen LogP contribution is -2.45. The van der Waals surface area contributed by atoms with Crippen LogP contribution in [0.1, 0.15) is 17.0 Å². The molecule has 0 saturated carbocycles. The van der Waals surface area contributed by atoms with Crippen LogP contribution < -0.4 is 10.2 Å². The molecule has 2 amide bonds. The van der Waals surface area contributed by atoms with Crippen molar-refractivity contribution in [2.24, 2.45) is 5.92 Å². The van der Waals surface area contributed by atoms with Gasteiger partial charge in [-0.3, -0.25) is 9.59 Å². The first-order chi connectivity index (χ1) is 14.4. The third-order valence-corrected chi connectivity index (χ3v) is 6.13. The molecule has 1 fully saturated rings. The Hall–Kier alpha value is -3.26. The number of fused-ring (bicyclic) bond motifs is 1. The molecule has 3 aromatic rings. The van der Waals surface area contributed by atoms with Gasteiger partial charge in [0.25, 0.3) is 0 Å². The number of amides is 2. The van der Waals surface area contributed by atoms with Crippen molar-refractivity contribution in [1.29, 1.82) is 0 Å². The smallest absolute Gasteiger partial charge is 0.326 e. The number of benzene rings is 2. The number of anilines is 1. The fraction of sp³-hybridized carbons (Fsp3) is 0.273. The molecule has 154 valence electrons. The second-order valence-electron chi connectivity index (χ2n) is 7.38. The Morgan fingerprint density at radius 2 is 2.03 bits per heavy atom. The van der Waals surface area contributed by atoms with Crippen LogP contribution in [0.5, 0.6) is 0 Å². The molecule has 0 bridgehead atoms. The second-order valence-corrected chi connectivity index (χ2v) is 8.61. The molecule has 2 N–H and O–H groups in total. The maximum Gasteiger partial charge on any atom is 0.326 e. The Kier molecular flexibility index (Phi) is 5.50. The van der Waals surface area contributed by atoms with Crippen molar-refractivity contribution in [2.75, 3.05) is 11.4 Å². The molecule has 30 heavy (non-hydrogen) atoms. The summed E-state index contributed by atoms with van der Waals surface area (Å²) >= 11 is 1.59. The molecular weight excluding hydrogens is 402 g/mol. The number of aliphatic carboxylic acids is 1. The first-order valence-electron chi connectivity index (χ1n) is 9.65. The van der Waals surface area contributed by atoms with Gasteiger partial charge in [0, 0.05) is 25.1 Å². The minimum atomic E-state index is -1.10. The molecule has 4 rings (SSSR count). The van der Waals surface area contributed by atoms with Gasteiger partial charge in [-0.1, -0.05) is 30.3 Å². The van der Waals surface area contributed by atoms with E-state index in [1.54, 1.807) is 16.2 Å². The summed E-state index contributed by atoms with van der Waals surface area (Å²) in [4.78, 5) is 42.9. The fourth-order valence-electron chi connectivity index (χ4n) is 3.67. The number of carbonyl (C=O) groups excluding carboxylic acids is 2. The zero-order valence-corrected chi connectivity index (χ0v) is 17.2. The number of aryl methyl sites for hydroxylation is 1. The number of hydrogen-bond acceptors (Lipinski definition) is 5. The van der Waals surface area contributed by atoms with Crippen LogP contribution in [-0.4, -0.2) is 40.5 Å². The molecule has 0 radical (unpaired) electrons. The van der Waals surface area contributed by atoms with E-state index >= 15 is 0 Å². The third kappa shape index (κ3) is 4.18. The maximum atomic E-state index is 12.7. The van der Waals surface area contributed by atoms with Crippen molar-refractivity contribution in [3.63, 3.8) is 0 Å². The maximum absolute atomic E-state index is 12.7. The van der Waals surface area contributed by atoms with E-state index in [9.17, 15) is 19.5 Å². The quantitative estimate of drug-likeness (QED) is 0.635. The Bertz CT molecular complexity index is 1110. The van der Waals surface area contributed by atoms with Crippen LogP contribution in [0.25, 0.3) is 10.2 Å².